The Bertz CT molecular complexity index is 395. The zero-order valence-corrected chi connectivity index (χ0v) is 11.1. The highest BCUT2D eigenvalue weighted by Gasteiger charge is 2.32. The molecule has 1 aliphatic rings. The minimum absolute atomic E-state index is 0.181. The zero-order valence-electron chi connectivity index (χ0n) is 11.1. The second-order valence-electron chi connectivity index (χ2n) is 5.02. The summed E-state index contributed by atoms with van der Waals surface area (Å²) < 4.78 is 5.11. The van der Waals surface area contributed by atoms with E-state index in [1.54, 1.807) is 7.11 Å². The van der Waals surface area contributed by atoms with Crippen LogP contribution < -0.4 is 10.1 Å². The van der Waals surface area contributed by atoms with Crippen molar-refractivity contribution in [2.45, 2.75) is 26.2 Å². The van der Waals surface area contributed by atoms with Gasteiger partial charge in [-0.15, -0.1) is 0 Å². The molecule has 0 radical (unpaired) electrons. The average molecular weight is 247 g/mol. The summed E-state index contributed by atoms with van der Waals surface area (Å²) in [6.07, 6.45) is 3.30. The van der Waals surface area contributed by atoms with Crippen LogP contribution in [0.3, 0.4) is 0 Å². The van der Waals surface area contributed by atoms with E-state index < -0.39 is 0 Å². The van der Waals surface area contributed by atoms with Crippen molar-refractivity contribution in [1.29, 1.82) is 0 Å². The van der Waals surface area contributed by atoms with E-state index in [9.17, 15) is 4.79 Å². The molecule has 2 rings (SSSR count). The smallest absolute Gasteiger partial charge is 0.223 e. The maximum absolute atomic E-state index is 11.8. The van der Waals surface area contributed by atoms with E-state index in [2.05, 4.69) is 5.32 Å². The van der Waals surface area contributed by atoms with Crippen molar-refractivity contribution in [3.63, 3.8) is 0 Å². The van der Waals surface area contributed by atoms with Crippen molar-refractivity contribution in [2.24, 2.45) is 11.8 Å². The summed E-state index contributed by atoms with van der Waals surface area (Å²) in [4.78, 5) is 11.8. The van der Waals surface area contributed by atoms with E-state index >= 15 is 0 Å². The predicted octanol–water partition coefficient (Wildman–Crippen LogP) is 2.40. The molecule has 1 amide bonds. The van der Waals surface area contributed by atoms with E-state index in [4.69, 9.17) is 4.74 Å². The van der Waals surface area contributed by atoms with Crippen LogP contribution >= 0.6 is 0 Å². The molecule has 18 heavy (non-hydrogen) atoms. The highest BCUT2D eigenvalue weighted by Crippen LogP contribution is 2.36. The van der Waals surface area contributed by atoms with Gasteiger partial charge in [0.25, 0.3) is 0 Å². The lowest BCUT2D eigenvalue weighted by atomic mass is 10.1. The van der Waals surface area contributed by atoms with Gasteiger partial charge in [0.1, 0.15) is 5.75 Å². The van der Waals surface area contributed by atoms with Crippen LogP contribution in [-0.4, -0.2) is 19.6 Å². The highest BCUT2D eigenvalue weighted by atomic mass is 16.5. The van der Waals surface area contributed by atoms with Gasteiger partial charge in [-0.2, -0.15) is 0 Å². The summed E-state index contributed by atoms with van der Waals surface area (Å²) in [5, 5.41) is 3.01. The molecular weight excluding hydrogens is 226 g/mol. The molecule has 0 bridgehead atoms. The summed E-state index contributed by atoms with van der Waals surface area (Å²) in [7, 11) is 1.66. The Morgan fingerprint density at radius 2 is 2.06 bits per heavy atom. The number of benzene rings is 1. The van der Waals surface area contributed by atoms with Crippen LogP contribution in [0.25, 0.3) is 0 Å². The molecular formula is C15H21NO2. The minimum atomic E-state index is 0.181. The SMILES string of the molecule is COc1ccc(CCNC(=O)C(C)C2CC2)cc1. The number of carbonyl (C=O) groups excluding carboxylic acids is 1. The standard InChI is InChI=1S/C15H21NO2/c1-11(13-5-6-13)15(17)16-10-9-12-3-7-14(18-2)8-4-12/h3-4,7-8,11,13H,5-6,9-10H2,1-2H3,(H,16,17). The van der Waals surface area contributed by atoms with Gasteiger partial charge in [-0.05, 0) is 42.9 Å². The van der Waals surface area contributed by atoms with Crippen molar-refractivity contribution in [3.8, 4) is 5.75 Å². The second kappa shape index (κ2) is 5.89. The molecule has 1 fully saturated rings. The van der Waals surface area contributed by atoms with Crippen LogP contribution in [0.5, 0.6) is 5.75 Å². The zero-order chi connectivity index (χ0) is 13.0. The topological polar surface area (TPSA) is 38.3 Å². The molecule has 1 saturated carbocycles. The first-order chi connectivity index (χ1) is 8.70. The van der Waals surface area contributed by atoms with E-state index in [-0.39, 0.29) is 11.8 Å². The first-order valence-corrected chi connectivity index (χ1v) is 6.61. The van der Waals surface area contributed by atoms with E-state index in [1.165, 1.54) is 18.4 Å². The predicted molar refractivity (Wildman–Crippen MR) is 71.6 cm³/mol. The van der Waals surface area contributed by atoms with Crippen molar-refractivity contribution in [3.05, 3.63) is 29.8 Å². The molecule has 1 aromatic carbocycles. The average Bonchev–Trinajstić information content (AvgIpc) is 3.23. The number of hydrogen-bond acceptors (Lipinski definition) is 2. The summed E-state index contributed by atoms with van der Waals surface area (Å²) >= 11 is 0. The van der Waals surface area contributed by atoms with Gasteiger partial charge in [-0.3, -0.25) is 4.79 Å². The van der Waals surface area contributed by atoms with Gasteiger partial charge in [0.05, 0.1) is 7.11 Å². The Balaban J connectivity index is 1.72. The quantitative estimate of drug-likeness (QED) is 0.838. The van der Waals surface area contributed by atoms with Gasteiger partial charge in [-0.25, -0.2) is 0 Å². The normalized spacial score (nSPS) is 16.1. The number of amides is 1. The minimum Gasteiger partial charge on any atom is -0.497 e. The fourth-order valence-electron chi connectivity index (χ4n) is 2.09. The molecule has 0 saturated heterocycles. The number of nitrogens with one attached hydrogen (secondary N) is 1. The second-order valence-corrected chi connectivity index (χ2v) is 5.02. The van der Waals surface area contributed by atoms with Crippen LogP contribution in [0.1, 0.15) is 25.3 Å². The van der Waals surface area contributed by atoms with E-state index in [0.717, 1.165) is 12.2 Å². The summed E-state index contributed by atoms with van der Waals surface area (Å²) in [6, 6.07) is 7.97. The van der Waals surface area contributed by atoms with Gasteiger partial charge in [0, 0.05) is 12.5 Å². The number of carbonyl (C=O) groups is 1. The molecule has 1 N–H and O–H groups in total. The van der Waals surface area contributed by atoms with Gasteiger partial charge < -0.3 is 10.1 Å². The lowest BCUT2D eigenvalue weighted by molar-refractivity contribution is -0.125. The number of methoxy groups -OCH3 is 1. The lowest BCUT2D eigenvalue weighted by Crippen LogP contribution is -2.31. The Labute approximate surface area is 109 Å². The van der Waals surface area contributed by atoms with Crippen LogP contribution in [0.4, 0.5) is 0 Å². The third-order valence-corrected chi connectivity index (χ3v) is 3.61. The van der Waals surface area contributed by atoms with Crippen LogP contribution in [-0.2, 0) is 11.2 Å². The molecule has 1 atom stereocenters. The van der Waals surface area contributed by atoms with Crippen molar-refractivity contribution < 1.29 is 9.53 Å². The monoisotopic (exact) mass is 247 g/mol. The largest absolute Gasteiger partial charge is 0.497 e. The molecule has 0 aliphatic heterocycles. The van der Waals surface area contributed by atoms with Crippen LogP contribution in [0, 0.1) is 11.8 Å². The molecule has 3 heteroatoms. The molecule has 0 aromatic heterocycles. The number of ether oxygens (including phenoxy) is 1. The molecule has 1 aliphatic carbocycles. The number of rotatable bonds is 6. The van der Waals surface area contributed by atoms with Crippen LogP contribution in [0.15, 0.2) is 24.3 Å². The first kappa shape index (κ1) is 12.9. The maximum atomic E-state index is 11.8. The highest BCUT2D eigenvalue weighted by molar-refractivity contribution is 5.78. The van der Waals surface area contributed by atoms with Gasteiger partial charge in [-0.1, -0.05) is 19.1 Å². The van der Waals surface area contributed by atoms with E-state index in [0.29, 0.717) is 12.5 Å². The lowest BCUT2D eigenvalue weighted by Gasteiger charge is -2.11. The third-order valence-electron chi connectivity index (χ3n) is 3.61. The van der Waals surface area contributed by atoms with Crippen LogP contribution in [0.2, 0.25) is 0 Å². The maximum Gasteiger partial charge on any atom is 0.223 e. The Morgan fingerprint density at radius 3 is 2.61 bits per heavy atom. The molecule has 1 unspecified atom stereocenters. The van der Waals surface area contributed by atoms with E-state index in [1.807, 2.05) is 31.2 Å². The molecule has 0 heterocycles. The van der Waals surface area contributed by atoms with Crippen molar-refractivity contribution >= 4 is 5.91 Å². The fourth-order valence-corrected chi connectivity index (χ4v) is 2.09. The van der Waals surface area contributed by atoms with Crippen molar-refractivity contribution in [2.75, 3.05) is 13.7 Å². The molecule has 1 aromatic rings. The summed E-state index contributed by atoms with van der Waals surface area (Å²) in [6.45, 7) is 2.74. The Hall–Kier alpha value is -1.51. The van der Waals surface area contributed by atoms with Gasteiger partial charge in [0.15, 0.2) is 0 Å². The van der Waals surface area contributed by atoms with Gasteiger partial charge >= 0.3 is 0 Å². The fraction of sp³-hybridized carbons (Fsp3) is 0.533. The number of hydrogen-bond donors (Lipinski definition) is 1. The molecule has 98 valence electrons. The molecule has 0 spiro atoms. The third kappa shape index (κ3) is 3.49. The van der Waals surface area contributed by atoms with Gasteiger partial charge in [0.2, 0.25) is 5.91 Å². The summed E-state index contributed by atoms with van der Waals surface area (Å²) in [5.41, 5.74) is 1.22. The first-order valence-electron chi connectivity index (χ1n) is 6.61. The molecule has 3 nitrogen and oxygen atoms in total. The summed E-state index contributed by atoms with van der Waals surface area (Å²) in [5.74, 6) is 1.88. The van der Waals surface area contributed by atoms with Crippen molar-refractivity contribution in [1.82, 2.24) is 5.32 Å². The Morgan fingerprint density at radius 1 is 1.39 bits per heavy atom. The Kier molecular flexibility index (Phi) is 4.24.